The molecule has 0 aromatic heterocycles. The molecule has 0 unspecified atom stereocenters. The molecule has 2 aromatic rings. The molecule has 1 fully saturated rings. The van der Waals surface area contributed by atoms with Crippen LogP contribution in [-0.4, -0.2) is 44.9 Å². The predicted octanol–water partition coefficient (Wildman–Crippen LogP) is 3.51. The first-order valence-corrected chi connectivity index (χ1v) is 10.9. The van der Waals surface area contributed by atoms with Crippen LogP contribution in [0.5, 0.6) is 0 Å². The lowest BCUT2D eigenvalue weighted by atomic mass is 10.1. The standard InChI is InChI=1S/C19H20Cl2N2O4S/c1-13(17-6-5-15(20)12-18(17)21)22-19(24)14-3-2-4-16(11-14)28(25,26)23-7-9-27-10-8-23/h2-6,11-13H,7-10H2,1H3,(H,22,24)/t13-/m1/s1. The molecule has 1 aliphatic heterocycles. The van der Waals surface area contributed by atoms with Crippen molar-refractivity contribution >= 4 is 39.1 Å². The molecular weight excluding hydrogens is 423 g/mol. The number of sulfonamides is 1. The van der Waals surface area contributed by atoms with Gasteiger partial charge >= 0.3 is 0 Å². The Morgan fingerprint density at radius 1 is 1.14 bits per heavy atom. The van der Waals surface area contributed by atoms with Gasteiger partial charge in [0.15, 0.2) is 0 Å². The highest BCUT2D eigenvalue weighted by Crippen LogP contribution is 2.26. The fraction of sp³-hybridized carbons (Fsp3) is 0.316. The molecule has 0 spiro atoms. The zero-order valence-corrected chi connectivity index (χ0v) is 17.5. The molecule has 1 aliphatic rings. The van der Waals surface area contributed by atoms with E-state index in [1.807, 2.05) is 0 Å². The van der Waals surface area contributed by atoms with Gasteiger partial charge in [-0.05, 0) is 42.8 Å². The van der Waals surface area contributed by atoms with E-state index in [0.717, 1.165) is 5.56 Å². The van der Waals surface area contributed by atoms with E-state index >= 15 is 0 Å². The zero-order chi connectivity index (χ0) is 20.3. The van der Waals surface area contributed by atoms with E-state index in [-0.39, 0.29) is 16.5 Å². The number of carbonyl (C=O) groups is 1. The van der Waals surface area contributed by atoms with Crippen LogP contribution < -0.4 is 5.32 Å². The largest absolute Gasteiger partial charge is 0.379 e. The van der Waals surface area contributed by atoms with Crippen LogP contribution in [0.15, 0.2) is 47.4 Å². The van der Waals surface area contributed by atoms with Crippen LogP contribution in [0, 0.1) is 0 Å². The van der Waals surface area contributed by atoms with E-state index in [4.69, 9.17) is 27.9 Å². The third-order valence-electron chi connectivity index (χ3n) is 4.48. The van der Waals surface area contributed by atoms with Gasteiger partial charge < -0.3 is 10.1 Å². The van der Waals surface area contributed by atoms with Crippen molar-refractivity contribution in [2.24, 2.45) is 0 Å². The van der Waals surface area contributed by atoms with E-state index < -0.39 is 15.9 Å². The van der Waals surface area contributed by atoms with Crippen molar-refractivity contribution in [2.45, 2.75) is 17.9 Å². The SMILES string of the molecule is C[C@@H](NC(=O)c1cccc(S(=O)(=O)N2CCOCC2)c1)c1ccc(Cl)cc1Cl. The minimum absolute atomic E-state index is 0.0826. The monoisotopic (exact) mass is 442 g/mol. The summed E-state index contributed by atoms with van der Waals surface area (Å²) in [5.74, 6) is -0.391. The molecule has 1 heterocycles. The smallest absolute Gasteiger partial charge is 0.251 e. The molecule has 0 saturated carbocycles. The Morgan fingerprint density at radius 3 is 2.54 bits per heavy atom. The average molecular weight is 443 g/mol. The third kappa shape index (κ3) is 4.67. The normalized spacial score (nSPS) is 16.5. The number of rotatable bonds is 5. The number of nitrogens with zero attached hydrogens (tertiary/aromatic N) is 1. The summed E-state index contributed by atoms with van der Waals surface area (Å²) in [7, 11) is -3.67. The number of carbonyl (C=O) groups excluding carboxylic acids is 1. The van der Waals surface area contributed by atoms with Gasteiger partial charge in [-0.2, -0.15) is 4.31 Å². The molecule has 150 valence electrons. The molecular formula is C19H20Cl2N2O4S. The van der Waals surface area contributed by atoms with Crippen LogP contribution in [0.3, 0.4) is 0 Å². The van der Waals surface area contributed by atoms with Gasteiger partial charge in [0.25, 0.3) is 5.91 Å². The predicted molar refractivity (Wildman–Crippen MR) is 108 cm³/mol. The minimum atomic E-state index is -3.67. The van der Waals surface area contributed by atoms with Gasteiger partial charge in [0.1, 0.15) is 0 Å². The molecule has 0 radical (unpaired) electrons. The van der Waals surface area contributed by atoms with Crippen molar-refractivity contribution in [1.29, 1.82) is 0 Å². The fourth-order valence-corrected chi connectivity index (χ4v) is 4.97. The number of amides is 1. The fourth-order valence-electron chi connectivity index (χ4n) is 2.94. The maximum atomic E-state index is 12.8. The highest BCUT2D eigenvalue weighted by atomic mass is 35.5. The number of morpholine rings is 1. The van der Waals surface area contributed by atoms with Gasteiger partial charge in [0, 0.05) is 28.7 Å². The van der Waals surface area contributed by atoms with Gasteiger partial charge in [-0.25, -0.2) is 8.42 Å². The summed E-state index contributed by atoms with van der Waals surface area (Å²) in [6, 6.07) is 10.7. The van der Waals surface area contributed by atoms with Crippen LogP contribution >= 0.6 is 23.2 Å². The van der Waals surface area contributed by atoms with E-state index in [0.29, 0.717) is 36.3 Å². The van der Waals surface area contributed by atoms with Crippen LogP contribution in [0.4, 0.5) is 0 Å². The second kappa shape index (κ2) is 8.80. The number of nitrogens with one attached hydrogen (secondary N) is 1. The van der Waals surface area contributed by atoms with Crippen molar-refractivity contribution in [3.8, 4) is 0 Å². The Hall–Kier alpha value is -1.64. The highest BCUT2D eigenvalue weighted by molar-refractivity contribution is 7.89. The number of benzene rings is 2. The molecule has 6 nitrogen and oxygen atoms in total. The first-order chi connectivity index (χ1) is 13.3. The summed E-state index contributed by atoms with van der Waals surface area (Å²) < 4.78 is 32.2. The van der Waals surface area contributed by atoms with E-state index in [2.05, 4.69) is 5.32 Å². The van der Waals surface area contributed by atoms with Crippen LogP contribution in [0.25, 0.3) is 0 Å². The maximum absolute atomic E-state index is 12.8. The van der Waals surface area contributed by atoms with Crippen molar-refractivity contribution < 1.29 is 17.9 Å². The summed E-state index contributed by atoms with van der Waals surface area (Å²) in [4.78, 5) is 12.7. The third-order valence-corrected chi connectivity index (χ3v) is 6.94. The lowest BCUT2D eigenvalue weighted by Gasteiger charge is -2.26. The summed E-state index contributed by atoms with van der Waals surface area (Å²) >= 11 is 12.1. The quantitative estimate of drug-likeness (QED) is 0.768. The average Bonchev–Trinajstić information content (AvgIpc) is 2.68. The topological polar surface area (TPSA) is 75.7 Å². The van der Waals surface area contributed by atoms with Gasteiger partial charge in [-0.15, -0.1) is 0 Å². The van der Waals surface area contributed by atoms with Crippen molar-refractivity contribution in [3.05, 3.63) is 63.6 Å². The molecule has 9 heteroatoms. The lowest BCUT2D eigenvalue weighted by molar-refractivity contribution is 0.0730. The Balaban J connectivity index is 1.78. The molecule has 2 aromatic carbocycles. The minimum Gasteiger partial charge on any atom is -0.379 e. The molecule has 28 heavy (non-hydrogen) atoms. The maximum Gasteiger partial charge on any atom is 0.251 e. The Labute approximate surface area is 174 Å². The highest BCUT2D eigenvalue weighted by Gasteiger charge is 2.27. The lowest BCUT2D eigenvalue weighted by Crippen LogP contribution is -2.40. The second-order valence-electron chi connectivity index (χ2n) is 6.41. The number of hydrogen-bond donors (Lipinski definition) is 1. The molecule has 1 atom stereocenters. The molecule has 0 bridgehead atoms. The van der Waals surface area contributed by atoms with E-state index in [1.165, 1.54) is 16.4 Å². The Kier molecular flexibility index (Phi) is 6.62. The number of halogens is 2. The zero-order valence-electron chi connectivity index (χ0n) is 15.2. The first kappa shape index (κ1) is 21.1. The van der Waals surface area contributed by atoms with Crippen LogP contribution in [0.2, 0.25) is 10.0 Å². The van der Waals surface area contributed by atoms with Crippen molar-refractivity contribution in [2.75, 3.05) is 26.3 Å². The molecule has 1 N–H and O–H groups in total. The van der Waals surface area contributed by atoms with Gasteiger partial charge in [-0.3, -0.25) is 4.79 Å². The van der Waals surface area contributed by atoms with Gasteiger partial charge in [-0.1, -0.05) is 35.3 Å². The summed E-state index contributed by atoms with van der Waals surface area (Å²) in [6.07, 6.45) is 0. The summed E-state index contributed by atoms with van der Waals surface area (Å²) in [5.41, 5.74) is 0.975. The molecule has 1 amide bonds. The summed E-state index contributed by atoms with van der Waals surface area (Å²) in [6.45, 7) is 3.11. The Morgan fingerprint density at radius 2 is 1.86 bits per heavy atom. The number of ether oxygens (including phenoxy) is 1. The van der Waals surface area contributed by atoms with E-state index in [9.17, 15) is 13.2 Å². The van der Waals surface area contributed by atoms with E-state index in [1.54, 1.807) is 37.3 Å². The Bertz CT molecular complexity index is 976. The van der Waals surface area contributed by atoms with Gasteiger partial charge in [0.2, 0.25) is 10.0 Å². The van der Waals surface area contributed by atoms with Crippen molar-refractivity contribution in [3.63, 3.8) is 0 Å². The van der Waals surface area contributed by atoms with Crippen molar-refractivity contribution in [1.82, 2.24) is 9.62 Å². The van der Waals surface area contributed by atoms with Crippen LogP contribution in [0.1, 0.15) is 28.9 Å². The first-order valence-electron chi connectivity index (χ1n) is 8.73. The number of hydrogen-bond acceptors (Lipinski definition) is 4. The molecule has 1 saturated heterocycles. The molecule has 3 rings (SSSR count). The molecule has 0 aliphatic carbocycles. The van der Waals surface area contributed by atoms with Crippen LogP contribution in [-0.2, 0) is 14.8 Å². The van der Waals surface area contributed by atoms with Gasteiger partial charge in [0.05, 0.1) is 24.2 Å². The second-order valence-corrected chi connectivity index (χ2v) is 9.19. The summed E-state index contributed by atoms with van der Waals surface area (Å²) in [5, 5.41) is 3.79.